The highest BCUT2D eigenvalue weighted by molar-refractivity contribution is 5.82. The Balaban J connectivity index is 2.01. The molecule has 1 saturated carbocycles. The molecule has 1 aliphatic carbocycles. The van der Waals surface area contributed by atoms with Gasteiger partial charge in [-0.25, -0.2) is 0 Å². The Morgan fingerprint density at radius 3 is 2.32 bits per heavy atom. The van der Waals surface area contributed by atoms with Gasteiger partial charge in [0.1, 0.15) is 0 Å². The van der Waals surface area contributed by atoms with Gasteiger partial charge in [0.15, 0.2) is 0 Å². The monoisotopic (exact) mass is 350 g/mol. The maximum atomic E-state index is 13.6. The van der Waals surface area contributed by atoms with E-state index in [0.29, 0.717) is 29.3 Å². The van der Waals surface area contributed by atoms with E-state index in [0.717, 1.165) is 12.8 Å². The van der Waals surface area contributed by atoms with Crippen LogP contribution < -0.4 is 11.1 Å². The van der Waals surface area contributed by atoms with Gasteiger partial charge in [-0.3, -0.25) is 0 Å². The molecule has 1 aliphatic rings. The minimum absolute atomic E-state index is 0.0408. The number of alkyl halides is 3. The molecular weight excluding hydrogens is 329 g/mol. The minimum Gasteiger partial charge on any atom is -0.397 e. The highest BCUT2D eigenvalue weighted by atomic mass is 19.4. The summed E-state index contributed by atoms with van der Waals surface area (Å²) >= 11 is 0. The zero-order valence-corrected chi connectivity index (χ0v) is 13.9. The molecule has 0 aliphatic heterocycles. The van der Waals surface area contributed by atoms with E-state index in [1.165, 1.54) is 6.07 Å². The lowest BCUT2D eigenvalue weighted by Gasteiger charge is -2.19. The largest absolute Gasteiger partial charge is 0.419 e. The number of halogens is 3. The molecule has 1 atom stereocenters. The molecule has 2 aromatic carbocycles. The molecule has 1 fully saturated rings. The Morgan fingerprint density at radius 2 is 1.80 bits per heavy atom. The normalized spacial score (nSPS) is 15.9. The fraction of sp³-hybridized carbons (Fsp3) is 0.368. The highest BCUT2D eigenvalue weighted by Gasteiger charge is 2.37. The van der Waals surface area contributed by atoms with Gasteiger partial charge in [0.05, 0.1) is 23.0 Å². The van der Waals surface area contributed by atoms with Gasteiger partial charge < -0.3 is 16.2 Å². The molecule has 0 saturated heterocycles. The van der Waals surface area contributed by atoms with Gasteiger partial charge in [-0.2, -0.15) is 13.2 Å². The van der Waals surface area contributed by atoms with Gasteiger partial charge in [-0.05, 0) is 48.4 Å². The van der Waals surface area contributed by atoms with Crippen molar-refractivity contribution in [2.24, 2.45) is 5.92 Å². The molecule has 6 heteroatoms. The van der Waals surface area contributed by atoms with Crippen molar-refractivity contribution >= 4 is 11.4 Å². The molecule has 0 radical (unpaired) electrons. The van der Waals surface area contributed by atoms with Crippen LogP contribution in [0.5, 0.6) is 0 Å². The van der Waals surface area contributed by atoms with E-state index in [1.54, 1.807) is 37.3 Å². The first kappa shape index (κ1) is 17.6. The second-order valence-corrected chi connectivity index (χ2v) is 6.57. The summed E-state index contributed by atoms with van der Waals surface area (Å²) in [5.74, 6) is 0.529. The fourth-order valence-corrected chi connectivity index (χ4v) is 2.84. The average Bonchev–Trinajstić information content (AvgIpc) is 3.36. The Hall–Kier alpha value is -2.21. The Kier molecular flexibility index (Phi) is 4.64. The van der Waals surface area contributed by atoms with E-state index < -0.39 is 17.8 Å². The standard InChI is InChI=1S/C19H21F3N2O/c1-11(25)13-4-6-14(7-5-13)15-8-9-16(24-10-12-2-3-12)18(23)17(15)19(20,21)22/h4-9,11-12,24-25H,2-3,10,23H2,1H3. The predicted octanol–water partition coefficient (Wildman–Crippen LogP) is 4.83. The van der Waals surface area contributed by atoms with Crippen LogP contribution in [0.1, 0.15) is 37.0 Å². The van der Waals surface area contributed by atoms with E-state index in [4.69, 9.17) is 5.73 Å². The summed E-state index contributed by atoms with van der Waals surface area (Å²) in [5, 5.41) is 12.6. The zero-order valence-electron chi connectivity index (χ0n) is 13.9. The maximum absolute atomic E-state index is 13.6. The molecule has 0 bridgehead atoms. The van der Waals surface area contributed by atoms with E-state index in [-0.39, 0.29) is 11.3 Å². The molecular formula is C19H21F3N2O. The number of aliphatic hydroxyl groups excluding tert-OH is 1. The van der Waals surface area contributed by atoms with E-state index >= 15 is 0 Å². The Morgan fingerprint density at radius 1 is 1.16 bits per heavy atom. The first-order chi connectivity index (χ1) is 11.8. The van der Waals surface area contributed by atoms with Gasteiger partial charge in [0.25, 0.3) is 0 Å². The predicted molar refractivity (Wildman–Crippen MR) is 93.1 cm³/mol. The lowest BCUT2D eigenvalue weighted by molar-refractivity contribution is -0.136. The van der Waals surface area contributed by atoms with E-state index in [2.05, 4.69) is 5.32 Å². The fourth-order valence-electron chi connectivity index (χ4n) is 2.84. The lowest BCUT2D eigenvalue weighted by atomic mass is 9.95. The van der Waals surface area contributed by atoms with Crippen molar-refractivity contribution in [3.8, 4) is 11.1 Å². The van der Waals surface area contributed by atoms with Crippen LogP contribution in [0.25, 0.3) is 11.1 Å². The summed E-state index contributed by atoms with van der Waals surface area (Å²) in [6, 6.07) is 9.44. The Bertz CT molecular complexity index is 750. The number of hydrogen-bond acceptors (Lipinski definition) is 3. The number of nitrogen functional groups attached to an aromatic ring is 1. The van der Waals surface area contributed by atoms with Crippen molar-refractivity contribution < 1.29 is 18.3 Å². The molecule has 2 aromatic rings. The summed E-state index contributed by atoms with van der Waals surface area (Å²) in [7, 11) is 0. The van der Waals surface area contributed by atoms with Crippen LogP contribution in [-0.2, 0) is 6.18 Å². The molecule has 0 spiro atoms. The third-order valence-corrected chi connectivity index (χ3v) is 4.51. The van der Waals surface area contributed by atoms with Crippen molar-refractivity contribution in [3.63, 3.8) is 0 Å². The van der Waals surface area contributed by atoms with Crippen LogP contribution in [0.15, 0.2) is 36.4 Å². The summed E-state index contributed by atoms with van der Waals surface area (Å²) < 4.78 is 40.9. The van der Waals surface area contributed by atoms with Crippen LogP contribution in [-0.4, -0.2) is 11.7 Å². The first-order valence-corrected chi connectivity index (χ1v) is 8.29. The topological polar surface area (TPSA) is 58.3 Å². The lowest BCUT2D eigenvalue weighted by Crippen LogP contribution is -2.14. The second-order valence-electron chi connectivity index (χ2n) is 6.57. The van der Waals surface area contributed by atoms with Crippen LogP contribution in [0, 0.1) is 5.92 Å². The zero-order chi connectivity index (χ0) is 18.2. The van der Waals surface area contributed by atoms with Crippen molar-refractivity contribution in [1.82, 2.24) is 0 Å². The van der Waals surface area contributed by atoms with Gasteiger partial charge in [0, 0.05) is 6.54 Å². The number of nitrogens with two attached hydrogens (primary N) is 1. The summed E-state index contributed by atoms with van der Waals surface area (Å²) in [5.41, 5.74) is 6.20. The number of benzene rings is 2. The highest BCUT2D eigenvalue weighted by Crippen LogP contribution is 2.44. The second kappa shape index (κ2) is 6.59. The molecule has 3 nitrogen and oxygen atoms in total. The third-order valence-electron chi connectivity index (χ3n) is 4.51. The first-order valence-electron chi connectivity index (χ1n) is 8.29. The van der Waals surface area contributed by atoms with E-state index in [1.807, 2.05) is 0 Å². The molecule has 25 heavy (non-hydrogen) atoms. The van der Waals surface area contributed by atoms with Crippen molar-refractivity contribution in [1.29, 1.82) is 0 Å². The Labute approximate surface area is 144 Å². The quantitative estimate of drug-likeness (QED) is 0.677. The summed E-state index contributed by atoms with van der Waals surface area (Å²) in [6.07, 6.45) is -3.02. The molecule has 0 aromatic heterocycles. The summed E-state index contributed by atoms with van der Waals surface area (Å²) in [6.45, 7) is 2.25. The van der Waals surface area contributed by atoms with Crippen LogP contribution in [0.4, 0.5) is 24.5 Å². The van der Waals surface area contributed by atoms with Gasteiger partial charge in [-0.1, -0.05) is 30.3 Å². The van der Waals surface area contributed by atoms with Gasteiger partial charge in [0.2, 0.25) is 0 Å². The van der Waals surface area contributed by atoms with Crippen molar-refractivity contribution in [2.45, 2.75) is 32.0 Å². The van der Waals surface area contributed by atoms with Crippen LogP contribution >= 0.6 is 0 Å². The summed E-state index contributed by atoms with van der Waals surface area (Å²) in [4.78, 5) is 0. The number of anilines is 2. The van der Waals surface area contributed by atoms with Crippen molar-refractivity contribution in [3.05, 3.63) is 47.5 Å². The third kappa shape index (κ3) is 3.90. The molecule has 3 rings (SSSR count). The number of hydrogen-bond donors (Lipinski definition) is 3. The van der Waals surface area contributed by atoms with Gasteiger partial charge in [-0.15, -0.1) is 0 Å². The molecule has 4 N–H and O–H groups in total. The van der Waals surface area contributed by atoms with Crippen molar-refractivity contribution in [2.75, 3.05) is 17.6 Å². The number of nitrogens with one attached hydrogen (secondary N) is 1. The number of rotatable bonds is 5. The van der Waals surface area contributed by atoms with E-state index in [9.17, 15) is 18.3 Å². The van der Waals surface area contributed by atoms with Crippen LogP contribution in [0.3, 0.4) is 0 Å². The van der Waals surface area contributed by atoms with Gasteiger partial charge >= 0.3 is 6.18 Å². The van der Waals surface area contributed by atoms with Crippen LogP contribution in [0.2, 0.25) is 0 Å². The maximum Gasteiger partial charge on any atom is 0.419 e. The molecule has 0 amide bonds. The smallest absolute Gasteiger partial charge is 0.397 e. The molecule has 1 unspecified atom stereocenters. The molecule has 0 heterocycles. The minimum atomic E-state index is -4.56. The molecule has 134 valence electrons. The average molecular weight is 350 g/mol. The number of aliphatic hydroxyl groups is 1. The SMILES string of the molecule is CC(O)c1ccc(-c2ccc(NCC3CC3)c(N)c2C(F)(F)F)cc1.